The lowest BCUT2D eigenvalue weighted by molar-refractivity contribution is 0.0663. The fourth-order valence-corrected chi connectivity index (χ4v) is 3.17. The van der Waals surface area contributed by atoms with Gasteiger partial charge in [0.15, 0.2) is 0 Å². The van der Waals surface area contributed by atoms with Crippen LogP contribution < -0.4 is 0 Å². The van der Waals surface area contributed by atoms with Gasteiger partial charge < -0.3 is 0 Å². The maximum absolute atomic E-state index is 12.0. The van der Waals surface area contributed by atoms with Crippen molar-refractivity contribution in [1.82, 2.24) is 0 Å². The molecule has 1 aliphatic rings. The molecule has 0 saturated heterocycles. The number of rotatable bonds is 6. The van der Waals surface area contributed by atoms with E-state index in [1.165, 1.54) is 6.42 Å². The normalized spacial score (nSPS) is 19.3. The third-order valence-electron chi connectivity index (χ3n) is 2.40. The summed E-state index contributed by atoms with van der Waals surface area (Å²) in [6, 6.07) is 0. The highest BCUT2D eigenvalue weighted by Gasteiger charge is 2.30. The molecule has 1 fully saturated rings. The zero-order chi connectivity index (χ0) is 11.1. The molecule has 0 atom stereocenters. The second kappa shape index (κ2) is 6.64. The first-order chi connectivity index (χ1) is 7.20. The van der Waals surface area contributed by atoms with E-state index in [0.717, 1.165) is 25.7 Å². The molecule has 0 spiro atoms. The molecule has 15 heavy (non-hydrogen) atoms. The molecule has 0 aromatic rings. The first-order valence-corrected chi connectivity index (χ1v) is 7.23. The lowest BCUT2D eigenvalue weighted by atomic mass is 9.98. The predicted octanol–water partition coefficient (Wildman–Crippen LogP) is 3.52. The summed E-state index contributed by atoms with van der Waals surface area (Å²) < 4.78 is 27.7. The highest BCUT2D eigenvalue weighted by Crippen LogP contribution is 2.51. The van der Waals surface area contributed by atoms with Gasteiger partial charge in [-0.05, 0) is 26.7 Å². The molecule has 0 amide bonds. The first-order valence-electron chi connectivity index (χ1n) is 5.77. The first kappa shape index (κ1) is 13.2. The van der Waals surface area contributed by atoms with Gasteiger partial charge in [0.2, 0.25) is 0 Å². The molecule has 0 unspecified atom stereocenters. The molecule has 1 aliphatic carbocycles. The molecular formula is C10H21O4P. The smallest absolute Gasteiger partial charge is 0.287 e. The van der Waals surface area contributed by atoms with Crippen LogP contribution >= 0.6 is 7.82 Å². The van der Waals surface area contributed by atoms with Gasteiger partial charge in [-0.15, -0.1) is 0 Å². The minimum absolute atomic E-state index is 0.0442. The lowest BCUT2D eigenvalue weighted by Gasteiger charge is -2.25. The van der Waals surface area contributed by atoms with Crippen molar-refractivity contribution in [3.05, 3.63) is 0 Å². The van der Waals surface area contributed by atoms with E-state index in [1.807, 2.05) is 0 Å². The van der Waals surface area contributed by atoms with Gasteiger partial charge in [-0.3, -0.25) is 13.6 Å². The van der Waals surface area contributed by atoms with Crippen LogP contribution in [-0.4, -0.2) is 19.3 Å². The van der Waals surface area contributed by atoms with E-state index in [-0.39, 0.29) is 6.10 Å². The van der Waals surface area contributed by atoms with Crippen LogP contribution in [-0.2, 0) is 18.1 Å². The molecule has 4 nitrogen and oxygen atoms in total. The molecule has 0 bridgehead atoms. The zero-order valence-electron chi connectivity index (χ0n) is 9.61. The molecule has 90 valence electrons. The fraction of sp³-hybridized carbons (Fsp3) is 1.00. The Bertz CT molecular complexity index is 203. The van der Waals surface area contributed by atoms with Crippen molar-refractivity contribution in [3.63, 3.8) is 0 Å². The van der Waals surface area contributed by atoms with Crippen molar-refractivity contribution in [2.45, 2.75) is 52.1 Å². The van der Waals surface area contributed by atoms with Gasteiger partial charge in [-0.1, -0.05) is 19.3 Å². The maximum atomic E-state index is 12.0. The monoisotopic (exact) mass is 236 g/mol. The van der Waals surface area contributed by atoms with Crippen molar-refractivity contribution < 1.29 is 18.1 Å². The van der Waals surface area contributed by atoms with Crippen LogP contribution in [0, 0.1) is 0 Å². The Balaban J connectivity index is 2.45. The topological polar surface area (TPSA) is 44.8 Å². The third kappa shape index (κ3) is 4.64. The molecule has 0 aromatic heterocycles. The van der Waals surface area contributed by atoms with E-state index in [4.69, 9.17) is 13.6 Å². The number of phosphoric ester groups is 1. The van der Waals surface area contributed by atoms with E-state index < -0.39 is 7.82 Å². The van der Waals surface area contributed by atoms with Gasteiger partial charge in [0.25, 0.3) is 0 Å². The van der Waals surface area contributed by atoms with Gasteiger partial charge in [0.05, 0.1) is 19.3 Å². The van der Waals surface area contributed by atoms with Crippen LogP contribution in [0.3, 0.4) is 0 Å². The van der Waals surface area contributed by atoms with Gasteiger partial charge >= 0.3 is 7.82 Å². The quantitative estimate of drug-likeness (QED) is 0.662. The molecule has 1 rings (SSSR count). The summed E-state index contributed by atoms with van der Waals surface area (Å²) in [7, 11) is -3.29. The van der Waals surface area contributed by atoms with E-state index in [2.05, 4.69) is 0 Å². The third-order valence-corrected chi connectivity index (χ3v) is 4.11. The summed E-state index contributed by atoms with van der Waals surface area (Å²) in [5, 5.41) is 0. The Labute approximate surface area is 91.9 Å². The Kier molecular flexibility index (Phi) is 5.83. The van der Waals surface area contributed by atoms with Crippen molar-refractivity contribution >= 4 is 7.82 Å². The Morgan fingerprint density at radius 3 is 2.07 bits per heavy atom. The molecule has 0 radical (unpaired) electrons. The lowest BCUT2D eigenvalue weighted by Crippen LogP contribution is -2.16. The molecular weight excluding hydrogens is 215 g/mol. The SMILES string of the molecule is CCOP(=O)(OCC)OC1CCCCC1. The Morgan fingerprint density at radius 2 is 1.60 bits per heavy atom. The summed E-state index contributed by atoms with van der Waals surface area (Å²) in [6.45, 7) is 4.28. The Morgan fingerprint density at radius 1 is 1.07 bits per heavy atom. The average Bonchev–Trinajstić information content (AvgIpc) is 2.19. The molecule has 0 aliphatic heterocycles. The van der Waals surface area contributed by atoms with Crippen molar-refractivity contribution in [2.24, 2.45) is 0 Å². The van der Waals surface area contributed by atoms with Gasteiger partial charge in [-0.2, -0.15) is 0 Å². The summed E-state index contributed by atoms with van der Waals surface area (Å²) >= 11 is 0. The van der Waals surface area contributed by atoms with Crippen LogP contribution in [0.25, 0.3) is 0 Å². The zero-order valence-corrected chi connectivity index (χ0v) is 10.5. The number of hydrogen-bond donors (Lipinski definition) is 0. The minimum Gasteiger partial charge on any atom is -0.287 e. The van der Waals surface area contributed by atoms with Crippen molar-refractivity contribution in [2.75, 3.05) is 13.2 Å². The van der Waals surface area contributed by atoms with E-state index in [9.17, 15) is 4.57 Å². The standard InChI is InChI=1S/C10H21O4P/c1-3-12-15(11,13-4-2)14-10-8-6-5-7-9-10/h10H,3-9H2,1-2H3. The van der Waals surface area contributed by atoms with Crippen LogP contribution in [0.2, 0.25) is 0 Å². The second-order valence-electron chi connectivity index (χ2n) is 3.65. The summed E-state index contributed by atoms with van der Waals surface area (Å²) in [6.07, 6.45) is 5.50. The second-order valence-corrected chi connectivity index (χ2v) is 5.27. The van der Waals surface area contributed by atoms with E-state index in [1.54, 1.807) is 13.8 Å². The largest absolute Gasteiger partial charge is 0.475 e. The van der Waals surface area contributed by atoms with E-state index >= 15 is 0 Å². The molecule has 0 N–H and O–H groups in total. The van der Waals surface area contributed by atoms with Crippen molar-refractivity contribution in [3.8, 4) is 0 Å². The highest BCUT2D eigenvalue weighted by molar-refractivity contribution is 7.48. The summed E-state index contributed by atoms with van der Waals surface area (Å²) in [5.41, 5.74) is 0. The predicted molar refractivity (Wildman–Crippen MR) is 58.8 cm³/mol. The van der Waals surface area contributed by atoms with Crippen molar-refractivity contribution in [1.29, 1.82) is 0 Å². The highest BCUT2D eigenvalue weighted by atomic mass is 31.2. The fourth-order valence-electron chi connectivity index (χ4n) is 1.77. The van der Waals surface area contributed by atoms with Gasteiger partial charge in [0, 0.05) is 0 Å². The maximum Gasteiger partial charge on any atom is 0.475 e. The number of hydrogen-bond acceptors (Lipinski definition) is 4. The molecule has 0 heterocycles. The van der Waals surface area contributed by atoms with Crippen LogP contribution in [0.1, 0.15) is 46.0 Å². The molecule has 1 saturated carbocycles. The molecule has 5 heteroatoms. The summed E-state index contributed by atoms with van der Waals surface area (Å²) in [4.78, 5) is 0. The minimum atomic E-state index is -3.29. The molecule has 0 aromatic carbocycles. The summed E-state index contributed by atoms with van der Waals surface area (Å²) in [5.74, 6) is 0. The Hall–Kier alpha value is 0.110. The average molecular weight is 236 g/mol. The van der Waals surface area contributed by atoms with Crippen LogP contribution in [0.4, 0.5) is 0 Å². The number of phosphoric acid groups is 1. The van der Waals surface area contributed by atoms with Gasteiger partial charge in [0.1, 0.15) is 0 Å². The van der Waals surface area contributed by atoms with Crippen LogP contribution in [0.5, 0.6) is 0 Å². The van der Waals surface area contributed by atoms with E-state index in [0.29, 0.717) is 13.2 Å². The van der Waals surface area contributed by atoms with Gasteiger partial charge in [-0.25, -0.2) is 4.57 Å². The van der Waals surface area contributed by atoms with Crippen LogP contribution in [0.15, 0.2) is 0 Å².